The number of imidazole rings is 1. The normalized spacial score (nSPS) is 10.2. The molecule has 0 unspecified atom stereocenters. The van der Waals surface area contributed by atoms with Gasteiger partial charge in [-0.1, -0.05) is 15.9 Å². The van der Waals surface area contributed by atoms with Gasteiger partial charge < -0.3 is 9.47 Å². The highest BCUT2D eigenvalue weighted by Gasteiger charge is 2.15. The van der Waals surface area contributed by atoms with Crippen molar-refractivity contribution in [2.75, 3.05) is 18.4 Å². The van der Waals surface area contributed by atoms with E-state index >= 15 is 0 Å². The SMILES string of the molecule is CCN(CCBr)C(=O)c1cncn1C. The van der Waals surface area contributed by atoms with E-state index in [1.807, 2.05) is 14.0 Å². The maximum atomic E-state index is 11.9. The van der Waals surface area contributed by atoms with Crippen LogP contribution in [0.2, 0.25) is 0 Å². The fourth-order valence-electron chi connectivity index (χ4n) is 1.23. The quantitative estimate of drug-likeness (QED) is 0.765. The van der Waals surface area contributed by atoms with Crippen LogP contribution in [0.15, 0.2) is 12.5 Å². The van der Waals surface area contributed by atoms with Crippen molar-refractivity contribution >= 4 is 21.8 Å². The topological polar surface area (TPSA) is 38.1 Å². The number of rotatable bonds is 4. The number of nitrogens with zero attached hydrogens (tertiary/aromatic N) is 3. The standard InChI is InChI=1S/C9H14BrN3O/c1-3-13(5-4-10)9(14)8-6-11-7-12(8)2/h6-7H,3-5H2,1-2H3. The van der Waals surface area contributed by atoms with Gasteiger partial charge in [-0.15, -0.1) is 0 Å². The first kappa shape index (κ1) is 11.2. The molecule has 1 heterocycles. The molecule has 4 nitrogen and oxygen atoms in total. The number of aryl methyl sites for hydroxylation is 1. The number of halogens is 1. The van der Waals surface area contributed by atoms with Crippen LogP contribution in [0.25, 0.3) is 0 Å². The Hall–Kier alpha value is -0.840. The number of alkyl halides is 1. The Labute approximate surface area is 92.0 Å². The average molecular weight is 260 g/mol. The monoisotopic (exact) mass is 259 g/mol. The average Bonchev–Trinajstić information content (AvgIpc) is 2.59. The van der Waals surface area contributed by atoms with E-state index in [9.17, 15) is 4.79 Å². The summed E-state index contributed by atoms with van der Waals surface area (Å²) in [6.45, 7) is 3.41. The van der Waals surface area contributed by atoms with Gasteiger partial charge in [0.15, 0.2) is 0 Å². The molecule has 0 aliphatic carbocycles. The summed E-state index contributed by atoms with van der Waals surface area (Å²) in [6.07, 6.45) is 3.23. The van der Waals surface area contributed by atoms with E-state index < -0.39 is 0 Å². The molecule has 0 atom stereocenters. The summed E-state index contributed by atoms with van der Waals surface area (Å²) in [6, 6.07) is 0. The third kappa shape index (κ3) is 2.35. The zero-order valence-corrected chi connectivity index (χ0v) is 9.99. The summed E-state index contributed by atoms with van der Waals surface area (Å²) in [7, 11) is 1.82. The van der Waals surface area contributed by atoms with E-state index in [0.29, 0.717) is 5.69 Å². The Bertz CT molecular complexity index is 311. The van der Waals surface area contributed by atoms with Crippen LogP contribution in [0, 0.1) is 0 Å². The van der Waals surface area contributed by atoms with E-state index in [4.69, 9.17) is 0 Å². The van der Waals surface area contributed by atoms with Gasteiger partial charge in [-0.2, -0.15) is 0 Å². The second-order valence-electron chi connectivity index (χ2n) is 2.96. The third-order valence-electron chi connectivity index (χ3n) is 2.06. The van der Waals surface area contributed by atoms with Crippen molar-refractivity contribution in [3.8, 4) is 0 Å². The second kappa shape index (κ2) is 5.14. The predicted molar refractivity (Wildman–Crippen MR) is 58.6 cm³/mol. The molecule has 0 aliphatic rings. The molecule has 78 valence electrons. The number of carbonyl (C=O) groups is 1. The molecule has 1 aromatic heterocycles. The minimum Gasteiger partial charge on any atom is -0.337 e. The maximum Gasteiger partial charge on any atom is 0.272 e. The van der Waals surface area contributed by atoms with Gasteiger partial charge in [0.25, 0.3) is 5.91 Å². The van der Waals surface area contributed by atoms with Crippen LogP contribution in [0.5, 0.6) is 0 Å². The lowest BCUT2D eigenvalue weighted by Crippen LogP contribution is -2.33. The molecular weight excluding hydrogens is 246 g/mol. The molecule has 0 fully saturated rings. The van der Waals surface area contributed by atoms with E-state index in [-0.39, 0.29) is 5.91 Å². The molecule has 1 aromatic rings. The largest absolute Gasteiger partial charge is 0.337 e. The second-order valence-corrected chi connectivity index (χ2v) is 3.76. The van der Waals surface area contributed by atoms with Crippen LogP contribution < -0.4 is 0 Å². The lowest BCUT2D eigenvalue weighted by atomic mass is 10.3. The van der Waals surface area contributed by atoms with Crippen LogP contribution >= 0.6 is 15.9 Å². The van der Waals surface area contributed by atoms with Crippen LogP contribution in [-0.4, -0.2) is 38.8 Å². The molecule has 0 saturated heterocycles. The molecule has 14 heavy (non-hydrogen) atoms. The molecule has 0 aliphatic heterocycles. The van der Waals surface area contributed by atoms with Gasteiger partial charge in [0.2, 0.25) is 0 Å². The van der Waals surface area contributed by atoms with Gasteiger partial charge in [-0.25, -0.2) is 4.98 Å². The zero-order valence-electron chi connectivity index (χ0n) is 8.40. The Morgan fingerprint density at radius 3 is 2.86 bits per heavy atom. The Morgan fingerprint density at radius 1 is 1.71 bits per heavy atom. The first-order valence-corrected chi connectivity index (χ1v) is 5.64. The Balaban J connectivity index is 2.78. The van der Waals surface area contributed by atoms with Gasteiger partial charge in [-0.3, -0.25) is 4.79 Å². The summed E-state index contributed by atoms with van der Waals surface area (Å²) in [5.74, 6) is 0.0342. The van der Waals surface area contributed by atoms with Crippen LogP contribution in [0.3, 0.4) is 0 Å². The molecule has 1 amide bonds. The number of hydrogen-bond donors (Lipinski definition) is 0. The minimum atomic E-state index is 0.0342. The Morgan fingerprint density at radius 2 is 2.43 bits per heavy atom. The number of carbonyl (C=O) groups excluding carboxylic acids is 1. The fourth-order valence-corrected chi connectivity index (χ4v) is 1.66. The highest BCUT2D eigenvalue weighted by molar-refractivity contribution is 9.09. The number of amides is 1. The van der Waals surface area contributed by atoms with Gasteiger partial charge in [0, 0.05) is 25.5 Å². The van der Waals surface area contributed by atoms with E-state index in [0.717, 1.165) is 18.4 Å². The van der Waals surface area contributed by atoms with Crippen LogP contribution in [0.4, 0.5) is 0 Å². The minimum absolute atomic E-state index is 0.0342. The number of aromatic nitrogens is 2. The van der Waals surface area contributed by atoms with Crippen molar-refractivity contribution in [2.24, 2.45) is 7.05 Å². The van der Waals surface area contributed by atoms with Crippen LogP contribution in [0.1, 0.15) is 17.4 Å². The highest BCUT2D eigenvalue weighted by Crippen LogP contribution is 2.03. The van der Waals surface area contributed by atoms with Crippen molar-refractivity contribution in [1.82, 2.24) is 14.5 Å². The molecular formula is C9H14BrN3O. The lowest BCUT2D eigenvalue weighted by Gasteiger charge is -2.19. The molecule has 0 N–H and O–H groups in total. The molecule has 0 radical (unpaired) electrons. The smallest absolute Gasteiger partial charge is 0.272 e. The molecule has 5 heteroatoms. The van der Waals surface area contributed by atoms with Crippen molar-refractivity contribution in [3.63, 3.8) is 0 Å². The fraction of sp³-hybridized carbons (Fsp3) is 0.556. The van der Waals surface area contributed by atoms with E-state index in [1.165, 1.54) is 0 Å². The van der Waals surface area contributed by atoms with Gasteiger partial charge in [-0.05, 0) is 6.92 Å². The number of hydrogen-bond acceptors (Lipinski definition) is 2. The summed E-state index contributed by atoms with van der Waals surface area (Å²) < 4.78 is 1.74. The van der Waals surface area contributed by atoms with Gasteiger partial charge in [0.05, 0.1) is 12.5 Å². The third-order valence-corrected chi connectivity index (χ3v) is 2.41. The van der Waals surface area contributed by atoms with Crippen molar-refractivity contribution < 1.29 is 4.79 Å². The first-order chi connectivity index (χ1) is 6.70. The van der Waals surface area contributed by atoms with Crippen molar-refractivity contribution in [1.29, 1.82) is 0 Å². The molecule has 1 rings (SSSR count). The van der Waals surface area contributed by atoms with Crippen molar-refractivity contribution in [3.05, 3.63) is 18.2 Å². The first-order valence-electron chi connectivity index (χ1n) is 4.52. The summed E-state index contributed by atoms with van der Waals surface area (Å²) in [5.41, 5.74) is 0.632. The van der Waals surface area contributed by atoms with E-state index in [2.05, 4.69) is 20.9 Å². The Kier molecular flexibility index (Phi) is 4.13. The van der Waals surface area contributed by atoms with Crippen molar-refractivity contribution in [2.45, 2.75) is 6.92 Å². The molecule has 0 saturated carbocycles. The molecule has 0 spiro atoms. The predicted octanol–water partition coefficient (Wildman–Crippen LogP) is 1.28. The van der Waals surface area contributed by atoms with Gasteiger partial charge >= 0.3 is 0 Å². The van der Waals surface area contributed by atoms with Gasteiger partial charge in [0.1, 0.15) is 5.69 Å². The lowest BCUT2D eigenvalue weighted by molar-refractivity contribution is 0.0765. The highest BCUT2D eigenvalue weighted by atomic mass is 79.9. The molecule has 0 bridgehead atoms. The maximum absolute atomic E-state index is 11.9. The summed E-state index contributed by atoms with van der Waals surface area (Å²) >= 11 is 3.32. The van der Waals surface area contributed by atoms with Crippen LogP contribution in [-0.2, 0) is 7.05 Å². The molecule has 0 aromatic carbocycles. The van der Waals surface area contributed by atoms with E-state index in [1.54, 1.807) is 22.0 Å². The zero-order chi connectivity index (χ0) is 10.6. The summed E-state index contributed by atoms with van der Waals surface area (Å²) in [5, 5.41) is 0.796. The summed E-state index contributed by atoms with van der Waals surface area (Å²) in [4.78, 5) is 17.6.